The molecule has 0 amide bonds. The van der Waals surface area contributed by atoms with Crippen LogP contribution in [0.3, 0.4) is 0 Å². The standard InChI is InChI=1S/C57H105NO7/c1-6-8-10-12-14-16-18-20-22-24-25-26-27-28-29-30-32-33-35-37-39-41-43-45-47-55(59)64-52-53(51-63-50-49-54(57(61)62)58(3,4)5)65-56(60)48-46-44-42-40-38-36-34-31-23-21-19-17-15-13-11-9-7-2/h9,11,15,17,21,23,53-54H,6-8,10,12-14,16,18-20,22,24-52H2,1-5H3/p+1/b11-9-,17-15-,23-21-. The number of allylic oxidation sites excluding steroid dienone is 6. The zero-order chi connectivity index (χ0) is 47.7. The molecule has 0 aliphatic rings. The van der Waals surface area contributed by atoms with Gasteiger partial charge in [-0.1, -0.05) is 230 Å². The quantitative estimate of drug-likeness (QED) is 0.0281. The number of quaternary nitrogens is 1. The molecule has 2 unspecified atom stereocenters. The average molecular weight is 917 g/mol. The Balaban J connectivity index is 4.14. The highest BCUT2D eigenvalue weighted by Crippen LogP contribution is 2.17. The molecule has 0 radical (unpaired) electrons. The van der Waals surface area contributed by atoms with Crippen LogP contribution in [0.1, 0.15) is 258 Å². The van der Waals surface area contributed by atoms with Gasteiger partial charge in [0.05, 0.1) is 34.4 Å². The number of rotatable bonds is 50. The average Bonchev–Trinajstić information content (AvgIpc) is 3.27. The molecule has 0 aromatic carbocycles. The van der Waals surface area contributed by atoms with Crippen molar-refractivity contribution in [1.82, 2.24) is 0 Å². The number of hydrogen-bond acceptors (Lipinski definition) is 6. The summed E-state index contributed by atoms with van der Waals surface area (Å²) in [6.07, 6.45) is 57.8. The van der Waals surface area contributed by atoms with Crippen LogP contribution in [-0.2, 0) is 28.6 Å². The first-order valence-electron chi connectivity index (χ1n) is 27.5. The van der Waals surface area contributed by atoms with Gasteiger partial charge in [0.2, 0.25) is 0 Å². The maximum atomic E-state index is 12.8. The number of carbonyl (C=O) groups is 3. The molecule has 8 heteroatoms. The monoisotopic (exact) mass is 917 g/mol. The molecule has 0 bridgehead atoms. The second-order valence-corrected chi connectivity index (χ2v) is 19.8. The maximum absolute atomic E-state index is 12.8. The van der Waals surface area contributed by atoms with E-state index in [4.69, 9.17) is 14.2 Å². The van der Waals surface area contributed by atoms with E-state index in [0.29, 0.717) is 19.3 Å². The van der Waals surface area contributed by atoms with Gasteiger partial charge in [0, 0.05) is 19.3 Å². The highest BCUT2D eigenvalue weighted by atomic mass is 16.6. The summed E-state index contributed by atoms with van der Waals surface area (Å²) >= 11 is 0. The van der Waals surface area contributed by atoms with Crippen molar-refractivity contribution in [2.45, 2.75) is 270 Å². The van der Waals surface area contributed by atoms with Crippen LogP contribution >= 0.6 is 0 Å². The third-order valence-corrected chi connectivity index (χ3v) is 12.6. The summed E-state index contributed by atoms with van der Waals surface area (Å²) in [7, 11) is 5.54. The fourth-order valence-corrected chi connectivity index (χ4v) is 8.34. The Kier molecular flexibility index (Phi) is 46.2. The topological polar surface area (TPSA) is 99.1 Å². The van der Waals surface area contributed by atoms with Crippen molar-refractivity contribution >= 4 is 17.9 Å². The molecule has 2 atom stereocenters. The summed E-state index contributed by atoms with van der Waals surface area (Å²) < 4.78 is 17.4. The van der Waals surface area contributed by atoms with Crippen molar-refractivity contribution < 1.29 is 38.2 Å². The second kappa shape index (κ2) is 48.0. The summed E-state index contributed by atoms with van der Waals surface area (Å²) in [5.74, 6) is -1.46. The number of carboxylic acid groups (broad SMARTS) is 1. The Bertz CT molecular complexity index is 1160. The van der Waals surface area contributed by atoms with Crippen LogP contribution in [0.15, 0.2) is 36.5 Å². The number of ether oxygens (including phenoxy) is 3. The van der Waals surface area contributed by atoms with Crippen molar-refractivity contribution in [3.05, 3.63) is 36.5 Å². The molecule has 0 rings (SSSR count). The predicted molar refractivity (Wildman–Crippen MR) is 275 cm³/mol. The molecule has 380 valence electrons. The molecule has 0 heterocycles. The lowest BCUT2D eigenvalue weighted by atomic mass is 10.0. The van der Waals surface area contributed by atoms with E-state index < -0.39 is 18.1 Å². The summed E-state index contributed by atoms with van der Waals surface area (Å²) in [4.78, 5) is 37.2. The van der Waals surface area contributed by atoms with Crippen molar-refractivity contribution in [1.29, 1.82) is 0 Å². The molecule has 1 N–H and O–H groups in total. The van der Waals surface area contributed by atoms with E-state index in [1.165, 1.54) is 161 Å². The number of carboxylic acids is 1. The summed E-state index contributed by atoms with van der Waals surface area (Å²) in [5, 5.41) is 9.66. The highest BCUT2D eigenvalue weighted by Gasteiger charge is 2.31. The Hall–Kier alpha value is -2.45. The van der Waals surface area contributed by atoms with E-state index in [-0.39, 0.29) is 36.2 Å². The molecule has 0 saturated heterocycles. The molecular weight excluding hydrogens is 811 g/mol. The van der Waals surface area contributed by atoms with E-state index in [2.05, 4.69) is 50.3 Å². The Morgan fingerprint density at radius 2 is 0.862 bits per heavy atom. The first-order valence-corrected chi connectivity index (χ1v) is 27.5. The number of hydrogen-bond donors (Lipinski definition) is 1. The molecule has 0 spiro atoms. The van der Waals surface area contributed by atoms with Gasteiger partial charge in [-0.2, -0.15) is 0 Å². The lowest BCUT2D eigenvalue weighted by Crippen LogP contribution is -2.50. The number of carbonyl (C=O) groups excluding carboxylic acids is 2. The largest absolute Gasteiger partial charge is 0.477 e. The molecule has 0 aromatic heterocycles. The third-order valence-electron chi connectivity index (χ3n) is 12.6. The fraction of sp³-hybridized carbons (Fsp3) is 0.842. The lowest BCUT2D eigenvalue weighted by Gasteiger charge is -2.31. The van der Waals surface area contributed by atoms with Gasteiger partial charge in [0.1, 0.15) is 6.61 Å². The van der Waals surface area contributed by atoms with E-state index in [0.717, 1.165) is 64.2 Å². The zero-order valence-corrected chi connectivity index (χ0v) is 43.5. The van der Waals surface area contributed by atoms with Crippen LogP contribution in [-0.4, -0.2) is 80.6 Å². The molecule has 65 heavy (non-hydrogen) atoms. The zero-order valence-electron chi connectivity index (χ0n) is 43.5. The van der Waals surface area contributed by atoms with Crippen molar-refractivity contribution in [3.63, 3.8) is 0 Å². The van der Waals surface area contributed by atoms with Crippen LogP contribution < -0.4 is 0 Å². The minimum absolute atomic E-state index is 0.0514. The van der Waals surface area contributed by atoms with Gasteiger partial charge in [-0.05, 0) is 44.9 Å². The van der Waals surface area contributed by atoms with Crippen LogP contribution in [0.25, 0.3) is 0 Å². The number of unbranched alkanes of at least 4 members (excludes halogenated alkanes) is 30. The molecule has 0 fully saturated rings. The molecule has 0 aliphatic heterocycles. The predicted octanol–water partition coefficient (Wildman–Crippen LogP) is 16.1. The molecule has 0 aromatic rings. The highest BCUT2D eigenvalue weighted by molar-refractivity contribution is 5.72. The van der Waals surface area contributed by atoms with Gasteiger partial charge in [-0.15, -0.1) is 0 Å². The second-order valence-electron chi connectivity index (χ2n) is 19.8. The van der Waals surface area contributed by atoms with E-state index >= 15 is 0 Å². The van der Waals surface area contributed by atoms with Gasteiger partial charge in [0.15, 0.2) is 12.1 Å². The minimum atomic E-state index is -0.874. The van der Waals surface area contributed by atoms with Gasteiger partial charge in [-0.3, -0.25) is 9.59 Å². The van der Waals surface area contributed by atoms with Gasteiger partial charge >= 0.3 is 17.9 Å². The van der Waals surface area contributed by atoms with E-state index in [1.807, 2.05) is 21.1 Å². The van der Waals surface area contributed by atoms with Crippen molar-refractivity contribution in [2.24, 2.45) is 0 Å². The Morgan fingerprint density at radius 1 is 0.477 bits per heavy atom. The summed E-state index contributed by atoms with van der Waals surface area (Å²) in [6.45, 7) is 4.66. The first-order chi connectivity index (χ1) is 31.6. The van der Waals surface area contributed by atoms with Crippen LogP contribution in [0.5, 0.6) is 0 Å². The number of esters is 2. The van der Waals surface area contributed by atoms with E-state index in [1.54, 1.807) is 0 Å². The van der Waals surface area contributed by atoms with Crippen molar-refractivity contribution in [2.75, 3.05) is 41.0 Å². The normalized spacial score (nSPS) is 13.1. The van der Waals surface area contributed by atoms with Gasteiger partial charge in [0.25, 0.3) is 0 Å². The number of nitrogens with zero attached hydrogens (tertiary/aromatic N) is 1. The summed E-state index contributed by atoms with van der Waals surface area (Å²) in [5.41, 5.74) is 0. The lowest BCUT2D eigenvalue weighted by molar-refractivity contribution is -0.887. The maximum Gasteiger partial charge on any atom is 0.362 e. The number of likely N-dealkylation sites (N-methyl/N-ethyl adjacent to an activating group) is 1. The molecule has 0 aliphatic carbocycles. The Morgan fingerprint density at radius 3 is 1.28 bits per heavy atom. The minimum Gasteiger partial charge on any atom is -0.477 e. The van der Waals surface area contributed by atoms with E-state index in [9.17, 15) is 19.5 Å². The van der Waals surface area contributed by atoms with Crippen LogP contribution in [0.2, 0.25) is 0 Å². The first kappa shape index (κ1) is 62.5. The van der Waals surface area contributed by atoms with Crippen LogP contribution in [0, 0.1) is 0 Å². The van der Waals surface area contributed by atoms with Gasteiger partial charge in [-0.25, -0.2) is 4.79 Å². The smallest absolute Gasteiger partial charge is 0.362 e. The molecular formula is C57H106NO7+. The summed E-state index contributed by atoms with van der Waals surface area (Å²) in [6, 6.07) is -0.616. The van der Waals surface area contributed by atoms with Crippen LogP contribution in [0.4, 0.5) is 0 Å². The third kappa shape index (κ3) is 46.4. The Labute approximate surface area is 402 Å². The number of aliphatic carboxylic acids is 1. The SMILES string of the molecule is CC/C=C\C/C=C\C/C=C\CCCCCCCCCC(=O)OC(COCCC(C(=O)O)[N+](C)(C)C)COC(=O)CCCCCCCCCCCCCCCCCCCCCCCCCC. The fourth-order valence-electron chi connectivity index (χ4n) is 8.34. The molecule has 0 saturated carbocycles. The van der Waals surface area contributed by atoms with Crippen molar-refractivity contribution in [3.8, 4) is 0 Å². The molecule has 8 nitrogen and oxygen atoms in total. The van der Waals surface area contributed by atoms with Gasteiger partial charge < -0.3 is 23.8 Å².